The third-order valence-corrected chi connectivity index (χ3v) is 4.53. The molecule has 1 aliphatic rings. The Kier molecular flexibility index (Phi) is 5.26. The fourth-order valence-electron chi connectivity index (χ4n) is 3.15. The lowest BCUT2D eigenvalue weighted by molar-refractivity contribution is -0.139. The normalized spacial score (nSPS) is 16.7. The second-order valence-electron chi connectivity index (χ2n) is 6.47. The number of rotatable bonds is 5. The maximum Gasteiger partial charge on any atom is 0.316 e. The van der Waals surface area contributed by atoms with Crippen molar-refractivity contribution in [3.63, 3.8) is 0 Å². The molecule has 2 aromatic rings. The highest BCUT2D eigenvalue weighted by atomic mass is 16.5. The first-order valence-electron chi connectivity index (χ1n) is 8.80. The number of anilines is 1. The molecule has 3 rings (SSSR count). The molecular formula is C21H23NO4. The SMILES string of the molecule is CCOc1ccc(N2CC(C(=O)Oc3c(C)cccc3C)CC2=O)cc1. The van der Waals surface area contributed by atoms with Gasteiger partial charge in [0.15, 0.2) is 0 Å². The highest BCUT2D eigenvalue weighted by molar-refractivity contribution is 5.99. The summed E-state index contributed by atoms with van der Waals surface area (Å²) in [6.07, 6.45) is 0.164. The van der Waals surface area contributed by atoms with Gasteiger partial charge in [0.05, 0.1) is 12.5 Å². The van der Waals surface area contributed by atoms with Crippen LogP contribution in [0.4, 0.5) is 5.69 Å². The number of para-hydroxylation sites is 1. The van der Waals surface area contributed by atoms with Gasteiger partial charge in [-0.2, -0.15) is 0 Å². The molecule has 26 heavy (non-hydrogen) atoms. The average molecular weight is 353 g/mol. The topological polar surface area (TPSA) is 55.8 Å². The first-order chi connectivity index (χ1) is 12.5. The molecule has 0 aromatic heterocycles. The van der Waals surface area contributed by atoms with E-state index in [1.54, 1.807) is 4.90 Å². The van der Waals surface area contributed by atoms with Crippen LogP contribution in [0, 0.1) is 19.8 Å². The van der Waals surface area contributed by atoms with Crippen LogP contribution in [0.2, 0.25) is 0 Å². The van der Waals surface area contributed by atoms with E-state index < -0.39 is 5.92 Å². The summed E-state index contributed by atoms with van der Waals surface area (Å²) in [7, 11) is 0. The third-order valence-electron chi connectivity index (χ3n) is 4.53. The second kappa shape index (κ2) is 7.60. The molecule has 1 unspecified atom stereocenters. The molecule has 1 fully saturated rings. The van der Waals surface area contributed by atoms with Crippen LogP contribution in [0.1, 0.15) is 24.5 Å². The number of amides is 1. The summed E-state index contributed by atoms with van der Waals surface area (Å²) in [5.41, 5.74) is 2.58. The smallest absolute Gasteiger partial charge is 0.316 e. The van der Waals surface area contributed by atoms with Gasteiger partial charge in [-0.1, -0.05) is 18.2 Å². The minimum absolute atomic E-state index is 0.0717. The van der Waals surface area contributed by atoms with Crippen LogP contribution in [-0.2, 0) is 9.59 Å². The maximum absolute atomic E-state index is 12.6. The zero-order valence-electron chi connectivity index (χ0n) is 15.3. The Hall–Kier alpha value is -2.82. The Morgan fingerprint density at radius 3 is 2.38 bits per heavy atom. The lowest BCUT2D eigenvalue weighted by atomic mass is 10.1. The summed E-state index contributed by atoms with van der Waals surface area (Å²) in [5.74, 6) is 0.452. The molecular weight excluding hydrogens is 330 g/mol. The number of carbonyl (C=O) groups excluding carboxylic acids is 2. The molecule has 0 N–H and O–H groups in total. The summed E-state index contributed by atoms with van der Waals surface area (Å²) < 4.78 is 11.0. The van der Waals surface area contributed by atoms with Crippen LogP contribution in [0.25, 0.3) is 0 Å². The van der Waals surface area contributed by atoms with E-state index in [4.69, 9.17) is 9.47 Å². The van der Waals surface area contributed by atoms with E-state index in [9.17, 15) is 9.59 Å². The predicted molar refractivity (Wildman–Crippen MR) is 99.6 cm³/mol. The number of hydrogen-bond acceptors (Lipinski definition) is 4. The van der Waals surface area contributed by atoms with Crippen molar-refractivity contribution in [2.75, 3.05) is 18.1 Å². The van der Waals surface area contributed by atoms with Gasteiger partial charge >= 0.3 is 5.97 Å². The van der Waals surface area contributed by atoms with E-state index in [1.807, 2.05) is 63.2 Å². The number of nitrogens with zero attached hydrogens (tertiary/aromatic N) is 1. The van der Waals surface area contributed by atoms with Gasteiger partial charge in [0.2, 0.25) is 5.91 Å². The van der Waals surface area contributed by atoms with Crippen LogP contribution >= 0.6 is 0 Å². The van der Waals surface area contributed by atoms with Crippen LogP contribution in [-0.4, -0.2) is 25.0 Å². The fraction of sp³-hybridized carbons (Fsp3) is 0.333. The zero-order valence-corrected chi connectivity index (χ0v) is 15.3. The van der Waals surface area contributed by atoms with Crippen molar-refractivity contribution in [1.82, 2.24) is 0 Å². The van der Waals surface area contributed by atoms with Crippen LogP contribution in [0.15, 0.2) is 42.5 Å². The van der Waals surface area contributed by atoms with Gasteiger partial charge in [0, 0.05) is 18.7 Å². The van der Waals surface area contributed by atoms with Crippen molar-refractivity contribution in [2.45, 2.75) is 27.2 Å². The van der Waals surface area contributed by atoms with E-state index >= 15 is 0 Å². The molecule has 0 aliphatic carbocycles. The Balaban J connectivity index is 1.70. The molecule has 1 aliphatic heterocycles. The van der Waals surface area contributed by atoms with Gasteiger partial charge in [0.25, 0.3) is 0 Å². The number of hydrogen-bond donors (Lipinski definition) is 0. The lowest BCUT2D eigenvalue weighted by Crippen LogP contribution is -2.27. The first kappa shape index (κ1) is 18.0. The van der Waals surface area contributed by atoms with Crippen LogP contribution in [0.5, 0.6) is 11.5 Å². The largest absolute Gasteiger partial charge is 0.494 e. The summed E-state index contributed by atoms with van der Waals surface area (Å²) in [4.78, 5) is 26.6. The molecule has 1 atom stereocenters. The Morgan fingerprint density at radius 2 is 1.77 bits per heavy atom. The van der Waals surface area contributed by atoms with Crippen molar-refractivity contribution >= 4 is 17.6 Å². The lowest BCUT2D eigenvalue weighted by Gasteiger charge is -2.17. The molecule has 1 amide bonds. The molecule has 5 nitrogen and oxygen atoms in total. The van der Waals surface area contributed by atoms with Gasteiger partial charge in [-0.25, -0.2) is 0 Å². The van der Waals surface area contributed by atoms with Crippen molar-refractivity contribution in [3.05, 3.63) is 53.6 Å². The summed E-state index contributed by atoms with van der Waals surface area (Å²) in [6.45, 7) is 6.65. The number of carbonyl (C=O) groups is 2. The second-order valence-corrected chi connectivity index (χ2v) is 6.47. The van der Waals surface area contributed by atoms with Crippen LogP contribution in [0.3, 0.4) is 0 Å². The number of esters is 1. The molecule has 0 radical (unpaired) electrons. The van der Waals surface area contributed by atoms with Gasteiger partial charge in [-0.15, -0.1) is 0 Å². The van der Waals surface area contributed by atoms with E-state index in [1.165, 1.54) is 0 Å². The number of benzene rings is 2. The summed E-state index contributed by atoms with van der Waals surface area (Å²) in [5, 5.41) is 0. The molecule has 1 heterocycles. The van der Waals surface area contributed by atoms with E-state index in [-0.39, 0.29) is 18.3 Å². The molecule has 0 saturated carbocycles. The van der Waals surface area contributed by atoms with Crippen molar-refractivity contribution in [2.24, 2.45) is 5.92 Å². The first-order valence-corrected chi connectivity index (χ1v) is 8.80. The van der Waals surface area contributed by atoms with Gasteiger partial charge in [-0.3, -0.25) is 9.59 Å². The quantitative estimate of drug-likeness (QED) is 0.608. The minimum Gasteiger partial charge on any atom is -0.494 e. The van der Waals surface area contributed by atoms with Crippen LogP contribution < -0.4 is 14.4 Å². The van der Waals surface area contributed by atoms with Crippen molar-refractivity contribution in [1.29, 1.82) is 0 Å². The highest BCUT2D eigenvalue weighted by Gasteiger charge is 2.36. The Morgan fingerprint density at radius 1 is 1.12 bits per heavy atom. The average Bonchev–Trinajstić information content (AvgIpc) is 3.01. The van der Waals surface area contributed by atoms with E-state index in [0.717, 1.165) is 22.6 Å². The monoisotopic (exact) mass is 353 g/mol. The molecule has 0 spiro atoms. The molecule has 136 valence electrons. The maximum atomic E-state index is 12.6. The predicted octanol–water partition coefficient (Wildman–Crippen LogP) is 3.66. The standard InChI is InChI=1S/C21H23NO4/c1-4-25-18-10-8-17(9-11-18)22-13-16(12-19(22)23)21(24)26-20-14(2)6-5-7-15(20)3/h5-11,16H,4,12-13H2,1-3H3. The van der Waals surface area contributed by atoms with Crippen molar-refractivity contribution < 1.29 is 19.1 Å². The number of ether oxygens (including phenoxy) is 2. The highest BCUT2D eigenvalue weighted by Crippen LogP contribution is 2.29. The number of aryl methyl sites for hydroxylation is 2. The van der Waals surface area contributed by atoms with Gasteiger partial charge in [-0.05, 0) is 56.2 Å². The zero-order chi connectivity index (χ0) is 18.7. The van der Waals surface area contributed by atoms with Crippen molar-refractivity contribution in [3.8, 4) is 11.5 Å². The minimum atomic E-state index is -0.465. The van der Waals surface area contributed by atoms with E-state index in [0.29, 0.717) is 18.9 Å². The van der Waals surface area contributed by atoms with Gasteiger partial charge < -0.3 is 14.4 Å². The van der Waals surface area contributed by atoms with E-state index in [2.05, 4.69) is 0 Å². The summed E-state index contributed by atoms with van der Waals surface area (Å²) in [6, 6.07) is 13.1. The van der Waals surface area contributed by atoms with Gasteiger partial charge in [0.1, 0.15) is 11.5 Å². The summed E-state index contributed by atoms with van der Waals surface area (Å²) >= 11 is 0. The molecule has 2 aromatic carbocycles. The molecule has 1 saturated heterocycles. The molecule has 0 bridgehead atoms. The molecule has 5 heteroatoms. The fourth-order valence-corrected chi connectivity index (χ4v) is 3.15. The Labute approximate surface area is 153 Å². The third kappa shape index (κ3) is 3.72. The Bertz CT molecular complexity index is 793.